The monoisotopic (exact) mass is 428 g/mol. The van der Waals surface area contributed by atoms with E-state index >= 15 is 0 Å². The summed E-state index contributed by atoms with van der Waals surface area (Å²) in [4.78, 5) is 11.2. The summed E-state index contributed by atoms with van der Waals surface area (Å²) < 4.78 is 0. The highest BCUT2D eigenvalue weighted by Gasteiger charge is 2.22. The molecule has 0 fully saturated rings. The van der Waals surface area contributed by atoms with E-state index in [2.05, 4.69) is 49.8 Å². The van der Waals surface area contributed by atoms with E-state index in [0.717, 1.165) is 42.6 Å². The van der Waals surface area contributed by atoms with Crippen LogP contribution in [0.2, 0.25) is 0 Å². The Morgan fingerprint density at radius 1 is 1.41 bits per heavy atom. The van der Waals surface area contributed by atoms with Crippen LogP contribution in [0.4, 0.5) is 5.69 Å². The number of guanidine groups is 1. The van der Waals surface area contributed by atoms with Crippen molar-refractivity contribution in [1.29, 1.82) is 0 Å². The standard InChI is InChI=1S/C16H20N4S.HI/c1-12-19-14(11-21-12)7-9-18-16(17-2)20-10-8-13-5-3-4-6-15(13)20;/h3-6,11H,7-10H2,1-2H3,(H,17,18);1H. The summed E-state index contributed by atoms with van der Waals surface area (Å²) in [6, 6.07) is 8.55. The Kier molecular flexibility index (Phi) is 6.19. The number of para-hydroxylation sites is 1. The van der Waals surface area contributed by atoms with Crippen molar-refractivity contribution >= 4 is 47.0 Å². The van der Waals surface area contributed by atoms with Gasteiger partial charge in [0.15, 0.2) is 5.96 Å². The van der Waals surface area contributed by atoms with E-state index in [-0.39, 0.29) is 24.0 Å². The fourth-order valence-corrected chi connectivity index (χ4v) is 3.33. The van der Waals surface area contributed by atoms with Gasteiger partial charge in [-0.3, -0.25) is 4.99 Å². The van der Waals surface area contributed by atoms with E-state index in [1.165, 1.54) is 11.3 Å². The van der Waals surface area contributed by atoms with Crippen molar-refractivity contribution < 1.29 is 0 Å². The van der Waals surface area contributed by atoms with Crippen molar-refractivity contribution in [2.45, 2.75) is 19.8 Å². The summed E-state index contributed by atoms with van der Waals surface area (Å²) in [6.45, 7) is 3.89. The second-order valence-electron chi connectivity index (χ2n) is 5.11. The number of thiazole rings is 1. The van der Waals surface area contributed by atoms with Gasteiger partial charge in [-0.2, -0.15) is 0 Å². The number of nitrogens with one attached hydrogen (secondary N) is 1. The van der Waals surface area contributed by atoms with Gasteiger partial charge in [0.1, 0.15) is 0 Å². The lowest BCUT2D eigenvalue weighted by Gasteiger charge is -2.22. The Balaban J connectivity index is 0.00000176. The molecule has 6 heteroatoms. The molecule has 0 aliphatic carbocycles. The van der Waals surface area contributed by atoms with Gasteiger partial charge in [-0.1, -0.05) is 18.2 Å². The molecule has 0 amide bonds. The molecule has 118 valence electrons. The molecular weight excluding hydrogens is 407 g/mol. The van der Waals surface area contributed by atoms with Gasteiger partial charge in [0, 0.05) is 37.6 Å². The molecule has 1 aliphatic rings. The molecule has 4 nitrogen and oxygen atoms in total. The zero-order valence-corrected chi connectivity index (χ0v) is 16.0. The van der Waals surface area contributed by atoms with Crippen LogP contribution in [0.1, 0.15) is 16.3 Å². The van der Waals surface area contributed by atoms with Gasteiger partial charge in [0.05, 0.1) is 10.7 Å². The van der Waals surface area contributed by atoms with E-state index < -0.39 is 0 Å². The molecule has 2 heterocycles. The Labute approximate surface area is 152 Å². The first kappa shape index (κ1) is 17.2. The maximum atomic E-state index is 4.49. The highest BCUT2D eigenvalue weighted by molar-refractivity contribution is 14.0. The first-order valence-electron chi connectivity index (χ1n) is 7.25. The number of rotatable bonds is 3. The van der Waals surface area contributed by atoms with Crippen LogP contribution in [0.25, 0.3) is 0 Å². The Morgan fingerprint density at radius 2 is 2.23 bits per heavy atom. The molecule has 0 saturated carbocycles. The number of aromatic nitrogens is 1. The van der Waals surface area contributed by atoms with Crippen molar-refractivity contribution in [2.24, 2.45) is 4.99 Å². The number of aryl methyl sites for hydroxylation is 1. The van der Waals surface area contributed by atoms with Gasteiger partial charge in [-0.05, 0) is 25.0 Å². The predicted octanol–water partition coefficient (Wildman–Crippen LogP) is 3.25. The number of hydrogen-bond donors (Lipinski definition) is 1. The summed E-state index contributed by atoms with van der Waals surface area (Å²) in [5.74, 6) is 0.951. The first-order chi connectivity index (χ1) is 10.3. The first-order valence-corrected chi connectivity index (χ1v) is 8.13. The van der Waals surface area contributed by atoms with Gasteiger partial charge in [-0.15, -0.1) is 35.3 Å². The van der Waals surface area contributed by atoms with Gasteiger partial charge in [-0.25, -0.2) is 4.98 Å². The fourth-order valence-electron chi connectivity index (χ4n) is 2.68. The van der Waals surface area contributed by atoms with Crippen LogP contribution in [0, 0.1) is 6.92 Å². The minimum Gasteiger partial charge on any atom is -0.356 e. The number of hydrogen-bond acceptors (Lipinski definition) is 3. The summed E-state index contributed by atoms with van der Waals surface area (Å²) in [6.07, 6.45) is 2.01. The molecule has 0 radical (unpaired) electrons. The molecular formula is C16H21IN4S. The zero-order chi connectivity index (χ0) is 14.7. The molecule has 0 saturated heterocycles. The summed E-state index contributed by atoms with van der Waals surface area (Å²) >= 11 is 1.71. The second kappa shape index (κ2) is 7.92. The summed E-state index contributed by atoms with van der Waals surface area (Å²) in [7, 11) is 1.84. The Hall–Kier alpha value is -1.15. The highest BCUT2D eigenvalue weighted by atomic mass is 127. The van der Waals surface area contributed by atoms with E-state index in [0.29, 0.717) is 0 Å². The summed E-state index contributed by atoms with van der Waals surface area (Å²) in [5.41, 5.74) is 3.83. The number of fused-ring (bicyclic) bond motifs is 1. The zero-order valence-electron chi connectivity index (χ0n) is 12.9. The van der Waals surface area contributed by atoms with Crippen molar-refractivity contribution in [1.82, 2.24) is 10.3 Å². The van der Waals surface area contributed by atoms with Crippen molar-refractivity contribution in [2.75, 3.05) is 25.0 Å². The average molecular weight is 428 g/mol. The molecule has 2 aromatic rings. The van der Waals surface area contributed by atoms with Gasteiger partial charge < -0.3 is 10.2 Å². The van der Waals surface area contributed by atoms with Crippen molar-refractivity contribution in [3.63, 3.8) is 0 Å². The topological polar surface area (TPSA) is 40.5 Å². The van der Waals surface area contributed by atoms with E-state index in [1.807, 2.05) is 14.0 Å². The molecule has 1 aromatic heterocycles. The third-order valence-electron chi connectivity index (χ3n) is 3.69. The lowest BCUT2D eigenvalue weighted by molar-refractivity contribution is 0.821. The van der Waals surface area contributed by atoms with Crippen molar-refractivity contribution in [3.05, 3.63) is 45.9 Å². The molecule has 1 aromatic carbocycles. The second-order valence-corrected chi connectivity index (χ2v) is 6.17. The van der Waals surface area contributed by atoms with Crippen LogP contribution in [-0.2, 0) is 12.8 Å². The number of nitrogens with zero attached hydrogens (tertiary/aromatic N) is 3. The number of benzene rings is 1. The minimum absolute atomic E-state index is 0. The lowest BCUT2D eigenvalue weighted by atomic mass is 10.2. The van der Waals surface area contributed by atoms with E-state index in [1.54, 1.807) is 11.3 Å². The van der Waals surface area contributed by atoms with Crippen LogP contribution < -0.4 is 10.2 Å². The predicted molar refractivity (Wildman–Crippen MR) is 105 cm³/mol. The Bertz CT molecular complexity index is 653. The average Bonchev–Trinajstić information content (AvgIpc) is 3.10. The quantitative estimate of drug-likeness (QED) is 0.464. The summed E-state index contributed by atoms with van der Waals surface area (Å²) in [5, 5.41) is 6.71. The smallest absolute Gasteiger partial charge is 0.198 e. The molecule has 1 aliphatic heterocycles. The van der Waals surface area contributed by atoms with Crippen LogP contribution in [0.5, 0.6) is 0 Å². The van der Waals surface area contributed by atoms with Crippen molar-refractivity contribution in [3.8, 4) is 0 Å². The molecule has 22 heavy (non-hydrogen) atoms. The van der Waals surface area contributed by atoms with Crippen LogP contribution in [0.3, 0.4) is 0 Å². The fraction of sp³-hybridized carbons (Fsp3) is 0.375. The Morgan fingerprint density at radius 3 is 2.95 bits per heavy atom. The normalized spacial score (nSPS) is 13.7. The highest BCUT2D eigenvalue weighted by Crippen LogP contribution is 2.27. The number of anilines is 1. The SMILES string of the molecule is CN=C(NCCc1csc(C)n1)N1CCc2ccccc21.I. The third kappa shape index (κ3) is 3.78. The molecule has 0 unspecified atom stereocenters. The van der Waals surface area contributed by atoms with Gasteiger partial charge in [0.25, 0.3) is 0 Å². The molecule has 1 N–H and O–H groups in total. The van der Waals surface area contributed by atoms with E-state index in [9.17, 15) is 0 Å². The van der Waals surface area contributed by atoms with Gasteiger partial charge in [0.2, 0.25) is 0 Å². The lowest BCUT2D eigenvalue weighted by Crippen LogP contribution is -2.41. The maximum absolute atomic E-state index is 4.49. The molecule has 3 rings (SSSR count). The van der Waals surface area contributed by atoms with Crippen LogP contribution >= 0.6 is 35.3 Å². The van der Waals surface area contributed by atoms with Gasteiger partial charge >= 0.3 is 0 Å². The molecule has 0 atom stereocenters. The number of halogens is 1. The van der Waals surface area contributed by atoms with Crippen LogP contribution in [0.15, 0.2) is 34.6 Å². The largest absolute Gasteiger partial charge is 0.356 e. The minimum atomic E-state index is 0. The van der Waals surface area contributed by atoms with Crippen LogP contribution in [-0.4, -0.2) is 31.1 Å². The third-order valence-corrected chi connectivity index (χ3v) is 4.51. The number of aliphatic imine (C=N–C) groups is 1. The maximum Gasteiger partial charge on any atom is 0.198 e. The molecule has 0 spiro atoms. The molecule has 0 bridgehead atoms. The van der Waals surface area contributed by atoms with E-state index in [4.69, 9.17) is 0 Å².